The number of nitrogens with zero attached hydrogens (tertiary/aromatic N) is 1. The minimum Gasteiger partial charge on any atom is -0.369 e. The molecule has 88 valence electrons. The number of rotatable bonds is 3. The number of allylic oxidation sites excluding steroid dienone is 1. The van der Waals surface area contributed by atoms with Crippen LogP contribution in [0.3, 0.4) is 0 Å². The van der Waals surface area contributed by atoms with Crippen molar-refractivity contribution in [3.8, 4) is 0 Å². The van der Waals surface area contributed by atoms with Gasteiger partial charge in [-0.15, -0.1) is 0 Å². The maximum atomic E-state index is 11.9. The van der Waals surface area contributed by atoms with Crippen molar-refractivity contribution in [2.24, 2.45) is 4.99 Å². The van der Waals surface area contributed by atoms with Crippen molar-refractivity contribution in [1.82, 2.24) is 10.6 Å². The van der Waals surface area contributed by atoms with Gasteiger partial charge in [0.1, 0.15) is 5.84 Å². The first kappa shape index (κ1) is 12.5. The summed E-state index contributed by atoms with van der Waals surface area (Å²) >= 11 is 0. The Balaban J connectivity index is 3.00. The molecule has 0 radical (unpaired) electrons. The Morgan fingerprint density at radius 3 is 3.00 bits per heavy atom. The molecule has 0 aliphatic carbocycles. The highest BCUT2D eigenvalue weighted by Crippen LogP contribution is 2.14. The highest BCUT2D eigenvalue weighted by Gasteiger charge is 2.21. The lowest BCUT2D eigenvalue weighted by molar-refractivity contribution is -0.117. The summed E-state index contributed by atoms with van der Waals surface area (Å²) in [5.74, 6) is 0.628. The summed E-state index contributed by atoms with van der Waals surface area (Å²) < 4.78 is 0. The van der Waals surface area contributed by atoms with Crippen LogP contribution in [0.15, 0.2) is 28.4 Å². The van der Waals surface area contributed by atoms with E-state index in [1.54, 1.807) is 6.20 Å². The highest BCUT2D eigenvalue weighted by molar-refractivity contribution is 6.21. The molecule has 4 heteroatoms. The molecule has 1 heterocycles. The molecule has 0 fully saturated rings. The molecule has 0 aromatic carbocycles. The van der Waals surface area contributed by atoms with Gasteiger partial charge in [-0.05, 0) is 27.2 Å². The van der Waals surface area contributed by atoms with Gasteiger partial charge in [0.2, 0.25) is 0 Å². The van der Waals surface area contributed by atoms with Crippen LogP contribution >= 0.6 is 0 Å². The van der Waals surface area contributed by atoms with E-state index in [2.05, 4.69) is 15.6 Å². The summed E-state index contributed by atoms with van der Waals surface area (Å²) in [7, 11) is 0. The van der Waals surface area contributed by atoms with E-state index < -0.39 is 0 Å². The molecule has 0 unspecified atom stereocenters. The Morgan fingerprint density at radius 2 is 2.38 bits per heavy atom. The van der Waals surface area contributed by atoms with Crippen molar-refractivity contribution in [3.05, 3.63) is 23.4 Å². The van der Waals surface area contributed by atoms with Crippen molar-refractivity contribution >= 4 is 11.7 Å². The Labute approximate surface area is 96.5 Å². The molecule has 1 aliphatic heterocycles. The van der Waals surface area contributed by atoms with Crippen LogP contribution in [0.5, 0.6) is 0 Å². The fourth-order valence-electron chi connectivity index (χ4n) is 1.59. The molecule has 16 heavy (non-hydrogen) atoms. The van der Waals surface area contributed by atoms with Gasteiger partial charge in [0.15, 0.2) is 0 Å². The van der Waals surface area contributed by atoms with Crippen LogP contribution in [0, 0.1) is 0 Å². The fourth-order valence-corrected chi connectivity index (χ4v) is 1.59. The molecule has 4 nitrogen and oxygen atoms in total. The lowest BCUT2D eigenvalue weighted by atomic mass is 10.0. The van der Waals surface area contributed by atoms with Gasteiger partial charge in [-0.2, -0.15) is 0 Å². The van der Waals surface area contributed by atoms with Crippen LogP contribution in [0.4, 0.5) is 0 Å². The van der Waals surface area contributed by atoms with E-state index in [1.165, 1.54) is 0 Å². The van der Waals surface area contributed by atoms with E-state index in [0.29, 0.717) is 18.0 Å². The smallest absolute Gasteiger partial charge is 0.254 e. The van der Waals surface area contributed by atoms with Gasteiger partial charge in [0.05, 0.1) is 5.57 Å². The Hall–Kier alpha value is -1.58. The molecule has 0 bridgehead atoms. The van der Waals surface area contributed by atoms with E-state index in [0.717, 1.165) is 18.5 Å². The lowest BCUT2D eigenvalue weighted by Gasteiger charge is -2.20. The predicted molar refractivity (Wildman–Crippen MR) is 66.3 cm³/mol. The third-order valence-corrected chi connectivity index (χ3v) is 2.37. The molecule has 1 rings (SSSR count). The number of nitrogens with one attached hydrogen (secondary N) is 2. The Bertz CT molecular complexity index is 353. The third kappa shape index (κ3) is 2.95. The molecular formula is C12H19N3O. The zero-order valence-corrected chi connectivity index (χ0v) is 10.1. The lowest BCUT2D eigenvalue weighted by Crippen LogP contribution is -2.39. The number of likely N-dealkylation sites (N-methyl/N-ethyl adjacent to an activating group) is 1. The Kier molecular flexibility index (Phi) is 4.76. The first-order chi connectivity index (χ1) is 7.70. The van der Waals surface area contributed by atoms with Crippen LogP contribution < -0.4 is 10.6 Å². The van der Waals surface area contributed by atoms with Crippen LogP contribution in [-0.2, 0) is 4.79 Å². The van der Waals surface area contributed by atoms with Crippen LogP contribution in [0.2, 0.25) is 0 Å². The van der Waals surface area contributed by atoms with Gasteiger partial charge in [0, 0.05) is 19.3 Å². The van der Waals surface area contributed by atoms with Crippen molar-refractivity contribution in [2.75, 3.05) is 13.1 Å². The zero-order chi connectivity index (χ0) is 12.0. The van der Waals surface area contributed by atoms with Gasteiger partial charge < -0.3 is 10.6 Å². The summed E-state index contributed by atoms with van der Waals surface area (Å²) in [6.07, 6.45) is 4.43. The molecule has 0 aromatic rings. The van der Waals surface area contributed by atoms with Gasteiger partial charge >= 0.3 is 0 Å². The van der Waals surface area contributed by atoms with Crippen molar-refractivity contribution in [2.45, 2.75) is 27.2 Å². The minimum atomic E-state index is -0.0459. The molecule has 1 aliphatic rings. The first-order valence-corrected chi connectivity index (χ1v) is 5.61. The summed E-state index contributed by atoms with van der Waals surface area (Å²) in [6, 6.07) is 0. The molecule has 0 spiro atoms. The summed E-state index contributed by atoms with van der Waals surface area (Å²) in [4.78, 5) is 16.1. The second-order valence-corrected chi connectivity index (χ2v) is 3.65. The van der Waals surface area contributed by atoms with E-state index >= 15 is 0 Å². The maximum absolute atomic E-state index is 11.9. The molecular weight excluding hydrogens is 202 g/mol. The van der Waals surface area contributed by atoms with Gasteiger partial charge in [0.25, 0.3) is 5.91 Å². The van der Waals surface area contributed by atoms with E-state index in [9.17, 15) is 4.79 Å². The van der Waals surface area contributed by atoms with E-state index in [1.807, 2.05) is 26.8 Å². The van der Waals surface area contributed by atoms with E-state index in [-0.39, 0.29) is 5.91 Å². The number of amides is 1. The van der Waals surface area contributed by atoms with Gasteiger partial charge in [-0.3, -0.25) is 4.79 Å². The molecule has 0 saturated heterocycles. The maximum Gasteiger partial charge on any atom is 0.254 e. The molecule has 0 saturated carbocycles. The molecule has 0 aromatic heterocycles. The molecule has 1 amide bonds. The summed E-state index contributed by atoms with van der Waals surface area (Å²) in [5.41, 5.74) is 1.78. The summed E-state index contributed by atoms with van der Waals surface area (Å²) in [5, 5.41) is 5.96. The van der Waals surface area contributed by atoms with Crippen molar-refractivity contribution in [3.63, 3.8) is 0 Å². The fraction of sp³-hybridized carbons (Fsp3) is 0.500. The zero-order valence-electron chi connectivity index (χ0n) is 10.1. The summed E-state index contributed by atoms with van der Waals surface area (Å²) in [6.45, 7) is 7.26. The highest BCUT2D eigenvalue weighted by atomic mass is 16.1. The van der Waals surface area contributed by atoms with Crippen molar-refractivity contribution in [1.29, 1.82) is 0 Å². The van der Waals surface area contributed by atoms with Gasteiger partial charge in [-0.25, -0.2) is 4.99 Å². The second-order valence-electron chi connectivity index (χ2n) is 3.65. The monoisotopic (exact) mass is 221 g/mol. The SMILES string of the molecule is C/C=C\N=C1/NCCC(C)=C1C(=O)NCC. The minimum absolute atomic E-state index is 0.0459. The number of amidine groups is 1. The van der Waals surface area contributed by atoms with Crippen LogP contribution in [-0.4, -0.2) is 24.8 Å². The normalized spacial score (nSPS) is 19.1. The third-order valence-electron chi connectivity index (χ3n) is 2.37. The topological polar surface area (TPSA) is 53.5 Å². The van der Waals surface area contributed by atoms with Gasteiger partial charge in [-0.1, -0.05) is 11.6 Å². The van der Waals surface area contributed by atoms with Crippen molar-refractivity contribution < 1.29 is 4.79 Å². The quantitative estimate of drug-likeness (QED) is 0.756. The number of hydrogen-bond donors (Lipinski definition) is 2. The van der Waals surface area contributed by atoms with Crippen LogP contribution in [0.25, 0.3) is 0 Å². The average Bonchev–Trinajstić information content (AvgIpc) is 2.26. The average molecular weight is 221 g/mol. The molecule has 2 N–H and O–H groups in total. The van der Waals surface area contributed by atoms with Crippen LogP contribution in [0.1, 0.15) is 27.2 Å². The second kappa shape index (κ2) is 6.10. The number of hydrogen-bond acceptors (Lipinski definition) is 2. The Morgan fingerprint density at radius 1 is 1.62 bits per heavy atom. The number of carbonyl (C=O) groups excluding carboxylic acids is 1. The number of carbonyl (C=O) groups is 1. The largest absolute Gasteiger partial charge is 0.369 e. The number of aliphatic imine (C=N–C) groups is 1. The predicted octanol–water partition coefficient (Wildman–Crippen LogP) is 1.36. The first-order valence-electron chi connectivity index (χ1n) is 5.61. The standard InChI is InChI=1S/C12H19N3O/c1-4-7-14-11-10(12(16)13-5-2)9(3)6-8-15-11/h4,7H,5-6,8H2,1-3H3,(H,13,16)(H,14,15)/b7-4-. The van der Waals surface area contributed by atoms with E-state index in [4.69, 9.17) is 0 Å². The molecule has 0 atom stereocenters.